The van der Waals surface area contributed by atoms with Gasteiger partial charge in [-0.05, 0) is 111 Å². The molecule has 0 atom stereocenters. The van der Waals surface area contributed by atoms with Gasteiger partial charge in [0.2, 0.25) is 0 Å². The van der Waals surface area contributed by atoms with Crippen LogP contribution in [0, 0.1) is 0 Å². The second-order valence-corrected chi connectivity index (χ2v) is 15.9. The Morgan fingerprint density at radius 3 is 1.93 bits per heavy atom. The minimum Gasteiger partial charge on any atom is -0.310 e. The molecule has 1 aliphatic carbocycles. The number of benzene rings is 9. The largest absolute Gasteiger partial charge is 0.310 e. The average Bonchev–Trinajstić information content (AvgIpc) is 3.63. The van der Waals surface area contributed by atoms with Crippen molar-refractivity contribution in [3.8, 4) is 27.9 Å². The van der Waals surface area contributed by atoms with Crippen molar-refractivity contribution < 1.29 is 0 Å². The lowest BCUT2D eigenvalue weighted by Gasteiger charge is -2.29. The lowest BCUT2D eigenvalue weighted by atomic mass is 9.80. The van der Waals surface area contributed by atoms with Crippen molar-refractivity contribution in [1.82, 2.24) is 4.57 Å². The molecule has 58 heavy (non-hydrogen) atoms. The molecule has 2 heteroatoms. The molecular weight excluding hydrogens is 701 g/mol. The standard InChI is InChI=1S/C56H44N2/c1-3-17-40(18-4-1)48-31-15-21-41-22-16-32-52(56(41)48)50-29-10-11-33-53(50)57(44-26-13-23-42(37-44)47-30-14-20-39-19-7-8-27-46(39)47)45-35-36-51-49-28-9-12-34-54(49)58(55(51)38-45)43-24-5-2-6-25-43/h2,5-16,19-38,40H,1,3-4,17-18H2. The van der Waals surface area contributed by atoms with Crippen LogP contribution < -0.4 is 4.90 Å². The Kier molecular flexibility index (Phi) is 8.62. The topological polar surface area (TPSA) is 8.17 Å². The number of aromatic nitrogens is 1. The molecule has 0 saturated heterocycles. The number of hydrogen-bond acceptors (Lipinski definition) is 1. The first-order chi connectivity index (χ1) is 28.8. The van der Waals surface area contributed by atoms with E-state index in [9.17, 15) is 0 Å². The van der Waals surface area contributed by atoms with Crippen LogP contribution in [0.2, 0.25) is 0 Å². The highest BCUT2D eigenvalue weighted by Crippen LogP contribution is 2.47. The Bertz CT molecular complexity index is 3100. The van der Waals surface area contributed by atoms with Gasteiger partial charge in [0.25, 0.3) is 0 Å². The lowest BCUT2D eigenvalue weighted by Crippen LogP contribution is -2.12. The highest BCUT2D eigenvalue weighted by atomic mass is 15.1. The number of fused-ring (bicyclic) bond motifs is 5. The van der Waals surface area contributed by atoms with Gasteiger partial charge in [0.15, 0.2) is 0 Å². The fourth-order valence-electron chi connectivity index (χ4n) is 9.91. The molecule has 1 fully saturated rings. The van der Waals surface area contributed by atoms with Crippen LogP contribution in [0.25, 0.3) is 71.3 Å². The molecule has 0 aliphatic heterocycles. The van der Waals surface area contributed by atoms with E-state index in [0.29, 0.717) is 5.92 Å². The maximum atomic E-state index is 2.50. The van der Waals surface area contributed by atoms with Crippen LogP contribution in [-0.2, 0) is 0 Å². The number of hydrogen-bond donors (Lipinski definition) is 0. The monoisotopic (exact) mass is 744 g/mol. The van der Waals surface area contributed by atoms with Crippen LogP contribution in [0.1, 0.15) is 43.6 Å². The second-order valence-electron chi connectivity index (χ2n) is 15.9. The molecule has 1 heterocycles. The van der Waals surface area contributed by atoms with E-state index in [4.69, 9.17) is 0 Å². The molecule has 0 N–H and O–H groups in total. The van der Waals surface area contributed by atoms with Crippen LogP contribution in [-0.4, -0.2) is 4.57 Å². The van der Waals surface area contributed by atoms with E-state index in [1.165, 1.54) is 103 Å². The van der Waals surface area contributed by atoms with E-state index in [0.717, 1.165) is 22.7 Å². The third-order valence-corrected chi connectivity index (χ3v) is 12.6. The summed E-state index contributed by atoms with van der Waals surface area (Å²) < 4.78 is 2.42. The van der Waals surface area contributed by atoms with Crippen LogP contribution in [0.3, 0.4) is 0 Å². The van der Waals surface area contributed by atoms with Crippen molar-refractivity contribution in [1.29, 1.82) is 0 Å². The Hall–Kier alpha value is -6.90. The summed E-state index contributed by atoms with van der Waals surface area (Å²) in [5, 5.41) is 7.71. The van der Waals surface area contributed by atoms with Gasteiger partial charge in [0.05, 0.1) is 16.7 Å². The van der Waals surface area contributed by atoms with Crippen molar-refractivity contribution in [2.75, 3.05) is 4.90 Å². The van der Waals surface area contributed by atoms with E-state index < -0.39 is 0 Å². The van der Waals surface area contributed by atoms with Gasteiger partial charge in [-0.25, -0.2) is 0 Å². The van der Waals surface area contributed by atoms with Crippen molar-refractivity contribution in [3.05, 3.63) is 206 Å². The van der Waals surface area contributed by atoms with Gasteiger partial charge in [-0.3, -0.25) is 0 Å². The van der Waals surface area contributed by atoms with Crippen molar-refractivity contribution in [3.63, 3.8) is 0 Å². The van der Waals surface area contributed by atoms with E-state index in [1.54, 1.807) is 0 Å². The summed E-state index contributed by atoms with van der Waals surface area (Å²) in [5.74, 6) is 0.585. The van der Waals surface area contributed by atoms with Gasteiger partial charge >= 0.3 is 0 Å². The maximum absolute atomic E-state index is 2.50. The fourth-order valence-corrected chi connectivity index (χ4v) is 9.91. The molecule has 9 aromatic carbocycles. The average molecular weight is 745 g/mol. The van der Waals surface area contributed by atoms with Crippen molar-refractivity contribution in [2.24, 2.45) is 0 Å². The summed E-state index contributed by atoms with van der Waals surface area (Å²) in [5.41, 5.74) is 13.4. The Balaban J connectivity index is 1.18. The zero-order chi connectivity index (χ0) is 38.4. The lowest BCUT2D eigenvalue weighted by molar-refractivity contribution is 0.445. The molecule has 10 aromatic rings. The van der Waals surface area contributed by atoms with Gasteiger partial charge in [0.1, 0.15) is 0 Å². The summed E-state index contributed by atoms with van der Waals surface area (Å²) in [7, 11) is 0. The normalized spacial score (nSPS) is 13.4. The summed E-state index contributed by atoms with van der Waals surface area (Å²) in [6.07, 6.45) is 6.48. The predicted octanol–water partition coefficient (Wildman–Crippen LogP) is 15.9. The highest BCUT2D eigenvalue weighted by Gasteiger charge is 2.24. The third kappa shape index (κ3) is 5.87. The Labute approximate surface area is 340 Å². The van der Waals surface area contributed by atoms with E-state index in [1.807, 2.05) is 0 Å². The molecular formula is C56H44N2. The van der Waals surface area contributed by atoms with Crippen LogP contribution in [0.4, 0.5) is 17.1 Å². The fraction of sp³-hybridized carbons (Fsp3) is 0.107. The summed E-state index contributed by atoms with van der Waals surface area (Å²) in [6.45, 7) is 0. The molecule has 0 bridgehead atoms. The number of para-hydroxylation sites is 3. The number of rotatable bonds is 7. The molecule has 278 valence electrons. The van der Waals surface area contributed by atoms with Crippen molar-refractivity contribution in [2.45, 2.75) is 38.0 Å². The molecule has 0 spiro atoms. The van der Waals surface area contributed by atoms with Crippen LogP contribution in [0.5, 0.6) is 0 Å². The minimum atomic E-state index is 0.585. The van der Waals surface area contributed by atoms with Crippen LogP contribution >= 0.6 is 0 Å². The quantitative estimate of drug-likeness (QED) is 0.158. The zero-order valence-electron chi connectivity index (χ0n) is 32.6. The number of anilines is 3. The van der Waals surface area contributed by atoms with Crippen molar-refractivity contribution >= 4 is 60.4 Å². The minimum absolute atomic E-state index is 0.585. The van der Waals surface area contributed by atoms with E-state index in [2.05, 4.69) is 210 Å². The van der Waals surface area contributed by atoms with Gasteiger partial charge in [-0.15, -0.1) is 0 Å². The molecule has 0 radical (unpaired) electrons. The molecule has 1 aromatic heterocycles. The van der Waals surface area contributed by atoms with Crippen LogP contribution in [0.15, 0.2) is 200 Å². The predicted molar refractivity (Wildman–Crippen MR) is 247 cm³/mol. The summed E-state index contributed by atoms with van der Waals surface area (Å²) in [4.78, 5) is 2.50. The third-order valence-electron chi connectivity index (χ3n) is 12.6. The molecule has 0 amide bonds. The second kappa shape index (κ2) is 14.6. The van der Waals surface area contributed by atoms with Gasteiger partial charge in [0, 0.05) is 33.4 Å². The van der Waals surface area contributed by atoms with Gasteiger partial charge in [-0.1, -0.05) is 171 Å². The SMILES string of the molecule is c1ccc(-n2c3ccccc3c3ccc(N(c4cccc(-c5cccc6ccccc56)c4)c4ccccc4-c4cccc5cccc(C6CCCCC6)c45)cc32)cc1. The Morgan fingerprint density at radius 1 is 0.414 bits per heavy atom. The first-order valence-corrected chi connectivity index (χ1v) is 20.9. The van der Waals surface area contributed by atoms with Gasteiger partial charge in [-0.2, -0.15) is 0 Å². The summed E-state index contributed by atoms with van der Waals surface area (Å²) in [6, 6.07) is 74.1. The van der Waals surface area contributed by atoms with E-state index >= 15 is 0 Å². The summed E-state index contributed by atoms with van der Waals surface area (Å²) >= 11 is 0. The highest BCUT2D eigenvalue weighted by molar-refractivity contribution is 6.11. The molecule has 2 nitrogen and oxygen atoms in total. The van der Waals surface area contributed by atoms with Gasteiger partial charge < -0.3 is 9.47 Å². The molecule has 1 aliphatic rings. The first-order valence-electron chi connectivity index (χ1n) is 20.9. The molecule has 0 unspecified atom stereocenters. The number of nitrogens with zero attached hydrogens (tertiary/aromatic N) is 2. The van der Waals surface area contributed by atoms with E-state index in [-0.39, 0.29) is 0 Å². The smallest absolute Gasteiger partial charge is 0.0561 e. The first kappa shape index (κ1) is 34.4. The Morgan fingerprint density at radius 2 is 1.05 bits per heavy atom. The zero-order valence-corrected chi connectivity index (χ0v) is 32.6. The molecule has 1 saturated carbocycles. The maximum Gasteiger partial charge on any atom is 0.0561 e. The molecule has 11 rings (SSSR count).